The number of carbonyl (C=O) groups excluding carboxylic acids is 1. The third-order valence-corrected chi connectivity index (χ3v) is 5.67. The van der Waals surface area contributed by atoms with E-state index in [1.807, 2.05) is 6.92 Å². The van der Waals surface area contributed by atoms with Crippen molar-refractivity contribution in [1.82, 2.24) is 5.01 Å². The molecular weight excluding hydrogens is 420 g/mol. The molecule has 28 heavy (non-hydrogen) atoms. The molecule has 1 N–H and O–H groups in total. The van der Waals surface area contributed by atoms with E-state index in [-0.39, 0.29) is 33.8 Å². The molecule has 5 nitrogen and oxygen atoms in total. The Labute approximate surface area is 170 Å². The minimum atomic E-state index is -5.08. The number of nitrogens with zero attached hydrogens (tertiary/aromatic N) is 2. The molecule has 4 atom stereocenters. The lowest BCUT2D eigenvalue weighted by molar-refractivity contribution is -0.318. The predicted molar refractivity (Wildman–Crippen MR) is 98.3 cm³/mol. The Morgan fingerprint density at radius 2 is 2.11 bits per heavy atom. The number of benzene rings is 1. The Hall–Kier alpha value is -1.51. The fourth-order valence-electron chi connectivity index (χ4n) is 3.61. The minimum absolute atomic E-state index is 0.0191. The van der Waals surface area contributed by atoms with E-state index in [0.717, 1.165) is 0 Å². The van der Waals surface area contributed by atoms with Crippen LogP contribution in [0, 0.1) is 11.8 Å². The van der Waals surface area contributed by atoms with Crippen molar-refractivity contribution < 1.29 is 27.8 Å². The van der Waals surface area contributed by atoms with Crippen molar-refractivity contribution in [3.8, 4) is 5.75 Å². The van der Waals surface area contributed by atoms with Crippen LogP contribution < -0.4 is 4.74 Å². The zero-order chi connectivity index (χ0) is 20.9. The normalized spacial score (nSPS) is 28.6. The molecule has 1 aliphatic heterocycles. The number of rotatable bonds is 3. The molecule has 10 heteroatoms. The monoisotopic (exact) mass is 438 g/mol. The molecular formula is C18H19Cl2F3N2O3. The van der Waals surface area contributed by atoms with Gasteiger partial charge in [0.25, 0.3) is 11.6 Å². The van der Waals surface area contributed by atoms with Crippen molar-refractivity contribution >= 4 is 34.8 Å². The fourth-order valence-corrected chi connectivity index (χ4v) is 4.07. The zero-order valence-electron chi connectivity index (χ0n) is 15.1. The topological polar surface area (TPSA) is 62.1 Å². The lowest BCUT2D eigenvalue weighted by atomic mass is 9.76. The summed E-state index contributed by atoms with van der Waals surface area (Å²) in [6.45, 7) is 3.08. The number of aliphatic hydroxyl groups is 1. The summed E-state index contributed by atoms with van der Waals surface area (Å²) in [6.07, 6.45) is -5.40. The molecule has 0 spiro atoms. The minimum Gasteiger partial charge on any atom is -0.479 e. The first-order valence-electron chi connectivity index (χ1n) is 8.77. The van der Waals surface area contributed by atoms with Crippen LogP contribution in [0.5, 0.6) is 5.75 Å². The van der Waals surface area contributed by atoms with Crippen molar-refractivity contribution in [1.29, 1.82) is 0 Å². The number of halogens is 5. The van der Waals surface area contributed by atoms with Gasteiger partial charge >= 0.3 is 6.18 Å². The molecule has 0 saturated heterocycles. The third kappa shape index (κ3) is 3.57. The van der Waals surface area contributed by atoms with Crippen molar-refractivity contribution in [2.45, 2.75) is 51.1 Å². The predicted octanol–water partition coefficient (Wildman–Crippen LogP) is 4.65. The van der Waals surface area contributed by atoms with Gasteiger partial charge in [0.1, 0.15) is 5.75 Å². The van der Waals surface area contributed by atoms with E-state index < -0.39 is 29.8 Å². The molecule has 154 valence electrons. The summed E-state index contributed by atoms with van der Waals surface area (Å²) in [4.78, 5) is 12.8. The van der Waals surface area contributed by atoms with Crippen LogP contribution in [0.1, 0.15) is 33.1 Å². The van der Waals surface area contributed by atoms with Gasteiger partial charge in [-0.3, -0.25) is 4.79 Å². The highest BCUT2D eigenvalue weighted by Crippen LogP contribution is 2.49. The van der Waals surface area contributed by atoms with Crippen LogP contribution in [-0.4, -0.2) is 39.7 Å². The van der Waals surface area contributed by atoms with Gasteiger partial charge < -0.3 is 9.84 Å². The molecule has 3 rings (SSSR count). The molecule has 0 radical (unpaired) electrons. The Kier molecular flexibility index (Phi) is 5.59. The quantitative estimate of drug-likeness (QED) is 0.746. The first kappa shape index (κ1) is 21.2. The number of fused-ring (bicyclic) bond motifs is 1. The Balaban J connectivity index is 1.89. The summed E-state index contributed by atoms with van der Waals surface area (Å²) in [6, 6.07) is 4.26. The first-order valence-corrected chi connectivity index (χ1v) is 9.53. The Morgan fingerprint density at radius 1 is 1.43 bits per heavy atom. The number of hydrogen-bond donors (Lipinski definition) is 1. The second-order valence-corrected chi connectivity index (χ2v) is 8.08. The molecule has 0 bridgehead atoms. The number of alkyl halides is 3. The van der Waals surface area contributed by atoms with E-state index in [0.29, 0.717) is 17.9 Å². The summed E-state index contributed by atoms with van der Waals surface area (Å²) in [5.41, 5.74) is -3.21. The molecule has 1 fully saturated rings. The van der Waals surface area contributed by atoms with Gasteiger partial charge in [-0.2, -0.15) is 23.3 Å². The third-order valence-electron chi connectivity index (χ3n) is 5.14. The smallest absolute Gasteiger partial charge is 0.439 e. The van der Waals surface area contributed by atoms with Crippen LogP contribution in [0.2, 0.25) is 10.0 Å². The molecule has 1 heterocycles. The van der Waals surface area contributed by atoms with Gasteiger partial charge in [0.15, 0.2) is 6.10 Å². The maximum Gasteiger partial charge on any atom is 0.439 e. The van der Waals surface area contributed by atoms with Gasteiger partial charge in [-0.05, 0) is 50.3 Å². The standard InChI is InChI=1S/C18H19Cl2F3N2O3/c1-9-3-5-14-12(7-9)17(27,18(21,22)23)25(24-14)16(26)10(2)28-15-6-4-11(19)8-13(15)20/h4,6,8-10,12,27H,3,5,7H2,1-2H3/t9-,10+,12+,17-/m1/s1. The highest BCUT2D eigenvalue weighted by Gasteiger charge is 2.69. The van der Waals surface area contributed by atoms with E-state index in [4.69, 9.17) is 27.9 Å². The van der Waals surface area contributed by atoms with Gasteiger partial charge in [0.2, 0.25) is 0 Å². The maximum atomic E-state index is 13.9. The molecule has 1 aromatic carbocycles. The van der Waals surface area contributed by atoms with E-state index in [2.05, 4.69) is 5.10 Å². The van der Waals surface area contributed by atoms with Crippen molar-refractivity contribution in [2.75, 3.05) is 0 Å². The molecule has 1 amide bonds. The summed E-state index contributed by atoms with van der Waals surface area (Å²) < 4.78 is 47.0. The van der Waals surface area contributed by atoms with Crippen molar-refractivity contribution in [3.63, 3.8) is 0 Å². The van der Waals surface area contributed by atoms with E-state index in [1.165, 1.54) is 25.1 Å². The number of hydrogen-bond acceptors (Lipinski definition) is 4. The van der Waals surface area contributed by atoms with Crippen LogP contribution in [0.3, 0.4) is 0 Å². The molecule has 1 saturated carbocycles. The van der Waals surface area contributed by atoms with Crippen LogP contribution in [0.4, 0.5) is 13.2 Å². The fraction of sp³-hybridized carbons (Fsp3) is 0.556. The van der Waals surface area contributed by atoms with E-state index in [9.17, 15) is 23.1 Å². The van der Waals surface area contributed by atoms with Gasteiger partial charge in [-0.25, -0.2) is 0 Å². The number of ether oxygens (including phenoxy) is 1. The first-order chi connectivity index (χ1) is 12.9. The Bertz CT molecular complexity index is 818. The van der Waals surface area contributed by atoms with Gasteiger partial charge in [-0.1, -0.05) is 30.1 Å². The number of amides is 1. The van der Waals surface area contributed by atoms with Crippen LogP contribution in [0.25, 0.3) is 0 Å². The van der Waals surface area contributed by atoms with Crippen LogP contribution in [-0.2, 0) is 4.79 Å². The van der Waals surface area contributed by atoms with Gasteiger partial charge in [0, 0.05) is 10.7 Å². The second-order valence-electron chi connectivity index (χ2n) is 7.23. The lowest BCUT2D eigenvalue weighted by Crippen LogP contribution is -2.63. The molecule has 2 aliphatic rings. The highest BCUT2D eigenvalue weighted by molar-refractivity contribution is 6.35. The van der Waals surface area contributed by atoms with Crippen molar-refractivity contribution in [2.24, 2.45) is 16.9 Å². The highest BCUT2D eigenvalue weighted by atomic mass is 35.5. The lowest BCUT2D eigenvalue weighted by Gasteiger charge is -2.39. The number of carbonyl (C=O) groups is 1. The molecule has 0 aromatic heterocycles. The zero-order valence-corrected chi connectivity index (χ0v) is 16.6. The Morgan fingerprint density at radius 3 is 2.71 bits per heavy atom. The largest absolute Gasteiger partial charge is 0.479 e. The van der Waals surface area contributed by atoms with Crippen LogP contribution >= 0.6 is 23.2 Å². The van der Waals surface area contributed by atoms with E-state index >= 15 is 0 Å². The van der Waals surface area contributed by atoms with Crippen LogP contribution in [0.15, 0.2) is 23.3 Å². The SMILES string of the molecule is C[C@@H]1CCC2=NN(C(=O)[C@H](C)Oc3ccc(Cl)cc3Cl)[C@](O)(C(F)(F)F)[C@H]2C1. The van der Waals surface area contributed by atoms with Crippen molar-refractivity contribution in [3.05, 3.63) is 28.2 Å². The molecule has 1 aliphatic carbocycles. The van der Waals surface area contributed by atoms with Gasteiger partial charge in [-0.15, -0.1) is 0 Å². The summed E-state index contributed by atoms with van der Waals surface area (Å²) in [7, 11) is 0. The average Bonchev–Trinajstić information content (AvgIpc) is 2.90. The summed E-state index contributed by atoms with van der Waals surface area (Å²) in [5.74, 6) is -2.33. The maximum absolute atomic E-state index is 13.9. The van der Waals surface area contributed by atoms with Gasteiger partial charge in [0.05, 0.1) is 10.9 Å². The molecule has 1 aromatic rings. The summed E-state index contributed by atoms with van der Waals surface area (Å²) >= 11 is 11.8. The molecule has 0 unspecified atom stereocenters. The number of hydrazone groups is 1. The van der Waals surface area contributed by atoms with E-state index in [1.54, 1.807) is 0 Å². The second kappa shape index (κ2) is 7.39. The average molecular weight is 439 g/mol. The summed E-state index contributed by atoms with van der Waals surface area (Å²) in [5, 5.41) is 15.1.